The van der Waals surface area contributed by atoms with Crippen molar-refractivity contribution in [3.63, 3.8) is 0 Å². The Morgan fingerprint density at radius 2 is 0.515 bits per heavy atom. The molecule has 324 valence electrons. The van der Waals surface area contributed by atoms with Crippen molar-refractivity contribution in [2.24, 2.45) is 0 Å². The Hall–Kier alpha value is -8.58. The molecule has 10 aromatic rings. The van der Waals surface area contributed by atoms with E-state index in [1.807, 2.05) is 0 Å². The third kappa shape index (κ3) is 10.7. The van der Waals surface area contributed by atoms with Gasteiger partial charge in [-0.1, -0.05) is 267 Å². The zero-order valence-electron chi connectivity index (χ0n) is 38.1. The third-order valence-electron chi connectivity index (χ3n) is 12.6. The van der Waals surface area contributed by atoms with Gasteiger partial charge in [-0.05, 0) is 137 Å². The van der Waals surface area contributed by atoms with Gasteiger partial charge in [-0.3, -0.25) is 0 Å². The van der Waals surface area contributed by atoms with Gasteiger partial charge in [0.15, 0.2) is 0 Å². The van der Waals surface area contributed by atoms with E-state index < -0.39 is 0 Å². The van der Waals surface area contributed by atoms with E-state index in [4.69, 9.17) is 0 Å². The molecule has 10 rings (SSSR count). The minimum absolute atomic E-state index is 0.912. The Morgan fingerprint density at radius 3 is 0.897 bits per heavy atom. The normalized spacial score (nSPS) is 12.0. The number of rotatable bonds is 14. The number of fused-ring (bicyclic) bond motifs is 1. The highest BCUT2D eigenvalue weighted by atomic mass is 14.1. The topological polar surface area (TPSA) is 0 Å². The average Bonchev–Trinajstić information content (AvgIpc) is 3.40. The van der Waals surface area contributed by atoms with Gasteiger partial charge in [0.1, 0.15) is 0 Å². The van der Waals surface area contributed by atoms with Gasteiger partial charge in [-0.25, -0.2) is 0 Å². The molecule has 0 aliphatic carbocycles. The largest absolute Gasteiger partial charge is 0.0622 e. The molecule has 0 aliphatic heterocycles. The van der Waals surface area contributed by atoms with Crippen molar-refractivity contribution in [1.29, 1.82) is 0 Å². The predicted molar refractivity (Wildman–Crippen MR) is 293 cm³/mol. The molecular formula is C68H52. The van der Waals surface area contributed by atoms with Gasteiger partial charge in [0, 0.05) is 0 Å². The van der Waals surface area contributed by atoms with Crippen LogP contribution in [0.25, 0.3) is 58.4 Å². The number of hydrogen-bond acceptors (Lipinski definition) is 0. The second kappa shape index (κ2) is 21.2. The highest BCUT2D eigenvalue weighted by Crippen LogP contribution is 2.32. The first-order valence-electron chi connectivity index (χ1n) is 23.6. The molecule has 0 saturated carbocycles. The minimum atomic E-state index is 0.912. The van der Waals surface area contributed by atoms with Gasteiger partial charge in [-0.15, -0.1) is 0 Å². The zero-order valence-corrected chi connectivity index (χ0v) is 38.1. The van der Waals surface area contributed by atoms with Gasteiger partial charge < -0.3 is 0 Å². The quantitative estimate of drug-likeness (QED) is 0.0955. The van der Waals surface area contributed by atoms with E-state index in [0.717, 1.165) is 46.2 Å². The van der Waals surface area contributed by atoms with Gasteiger partial charge >= 0.3 is 0 Å². The Morgan fingerprint density at radius 1 is 0.235 bits per heavy atom. The smallest absolute Gasteiger partial charge is 0.00258 e. The maximum absolute atomic E-state index is 2.34. The molecule has 0 aromatic heterocycles. The summed E-state index contributed by atoms with van der Waals surface area (Å²) in [4.78, 5) is 0. The van der Waals surface area contributed by atoms with E-state index in [1.165, 1.54) is 66.4 Å². The number of hydrogen-bond donors (Lipinski definition) is 0. The molecule has 0 atom stereocenters. The minimum Gasteiger partial charge on any atom is -0.0622 e. The Bertz CT molecular complexity index is 3140. The molecule has 0 spiro atoms. The average molecular weight is 869 g/mol. The van der Waals surface area contributed by atoms with Crippen molar-refractivity contribution in [1.82, 2.24) is 0 Å². The lowest BCUT2D eigenvalue weighted by Crippen LogP contribution is -1.92. The van der Waals surface area contributed by atoms with Gasteiger partial charge in [0.2, 0.25) is 0 Å². The van der Waals surface area contributed by atoms with Crippen molar-refractivity contribution in [3.05, 3.63) is 333 Å². The van der Waals surface area contributed by atoms with Gasteiger partial charge in [-0.2, -0.15) is 0 Å². The van der Waals surface area contributed by atoms with Crippen LogP contribution in [0, 0.1) is 0 Å². The summed E-state index contributed by atoms with van der Waals surface area (Å²) >= 11 is 0. The van der Waals surface area contributed by atoms with Crippen molar-refractivity contribution in [3.8, 4) is 0 Å². The van der Waals surface area contributed by atoms with Crippen LogP contribution in [-0.2, 0) is 12.8 Å². The molecular weight excluding hydrogens is 817 g/mol. The number of benzene rings is 10. The Labute approximate surface area is 401 Å². The van der Waals surface area contributed by atoms with E-state index in [1.54, 1.807) is 0 Å². The van der Waals surface area contributed by atoms with E-state index in [0.29, 0.717) is 0 Å². The molecule has 0 heteroatoms. The Balaban J connectivity index is 0.981. The van der Waals surface area contributed by atoms with Gasteiger partial charge in [0.05, 0.1) is 0 Å². The summed E-state index contributed by atoms with van der Waals surface area (Å²) in [6.07, 6.45) is 15.6. The fraction of sp³-hybridized carbons (Fsp3) is 0.0294. The second-order valence-corrected chi connectivity index (χ2v) is 17.3. The SMILES string of the molecule is C(=Cc1ccccc1/C=C(/c1ccccc1)c1ccc(Cc2ccccc2)cc1)c1cc2ccccc2cc1C=Cc1ccccc1/C=C(/c1ccccc1)c1ccc(Cc2ccccc2)cc1. The lowest BCUT2D eigenvalue weighted by molar-refractivity contribution is 1.19. The molecule has 10 aromatic carbocycles. The van der Waals surface area contributed by atoms with Crippen LogP contribution in [0.3, 0.4) is 0 Å². The first kappa shape index (κ1) is 43.3. The van der Waals surface area contributed by atoms with Crippen LogP contribution in [-0.4, -0.2) is 0 Å². The summed E-state index contributed by atoms with van der Waals surface area (Å²) in [6.45, 7) is 0. The lowest BCUT2D eigenvalue weighted by atomic mass is 9.92. The van der Waals surface area contributed by atoms with Crippen LogP contribution >= 0.6 is 0 Å². The second-order valence-electron chi connectivity index (χ2n) is 17.3. The summed E-state index contributed by atoms with van der Waals surface area (Å²) in [5.41, 5.74) is 19.3. The maximum Gasteiger partial charge on any atom is -0.00258 e. The van der Waals surface area contributed by atoms with Crippen molar-refractivity contribution >= 4 is 58.4 Å². The van der Waals surface area contributed by atoms with Crippen LogP contribution in [0.15, 0.2) is 255 Å². The molecule has 0 saturated heterocycles. The lowest BCUT2D eigenvalue weighted by Gasteiger charge is -2.12. The van der Waals surface area contributed by atoms with E-state index in [2.05, 4.69) is 291 Å². The molecule has 0 amide bonds. The summed E-state index contributed by atoms with van der Waals surface area (Å²) in [6, 6.07) is 91.7. The highest BCUT2D eigenvalue weighted by Gasteiger charge is 2.11. The highest BCUT2D eigenvalue weighted by molar-refractivity contribution is 5.96. The van der Waals surface area contributed by atoms with Crippen molar-refractivity contribution in [2.75, 3.05) is 0 Å². The van der Waals surface area contributed by atoms with Crippen molar-refractivity contribution < 1.29 is 0 Å². The molecule has 0 aliphatic rings. The molecule has 0 fully saturated rings. The van der Waals surface area contributed by atoms with Crippen LogP contribution < -0.4 is 0 Å². The summed E-state index contributed by atoms with van der Waals surface area (Å²) < 4.78 is 0. The zero-order chi connectivity index (χ0) is 45.7. The maximum atomic E-state index is 2.34. The molecule has 0 N–H and O–H groups in total. The first-order chi connectivity index (χ1) is 33.7. The molecule has 0 nitrogen and oxygen atoms in total. The fourth-order valence-corrected chi connectivity index (χ4v) is 8.99. The third-order valence-corrected chi connectivity index (χ3v) is 12.6. The van der Waals surface area contributed by atoms with Crippen LogP contribution in [0.5, 0.6) is 0 Å². The first-order valence-corrected chi connectivity index (χ1v) is 23.6. The fourth-order valence-electron chi connectivity index (χ4n) is 8.99. The molecule has 0 heterocycles. The van der Waals surface area contributed by atoms with E-state index in [-0.39, 0.29) is 0 Å². The predicted octanol–water partition coefficient (Wildman–Crippen LogP) is 17.5. The Kier molecular flexibility index (Phi) is 13.5. The van der Waals surface area contributed by atoms with E-state index in [9.17, 15) is 0 Å². The summed E-state index contributed by atoms with van der Waals surface area (Å²) in [5, 5.41) is 2.43. The summed E-state index contributed by atoms with van der Waals surface area (Å²) in [7, 11) is 0. The molecule has 68 heavy (non-hydrogen) atoms. The molecule has 0 bridgehead atoms. The van der Waals surface area contributed by atoms with Crippen LogP contribution in [0.4, 0.5) is 0 Å². The van der Waals surface area contributed by atoms with E-state index >= 15 is 0 Å². The van der Waals surface area contributed by atoms with Crippen LogP contribution in [0.1, 0.15) is 77.9 Å². The van der Waals surface area contributed by atoms with Crippen LogP contribution in [0.2, 0.25) is 0 Å². The monoisotopic (exact) mass is 868 g/mol. The molecule has 0 unspecified atom stereocenters. The molecule has 0 radical (unpaired) electrons. The van der Waals surface area contributed by atoms with Gasteiger partial charge in [0.25, 0.3) is 0 Å². The standard InChI is InChI=1S/C68H52/c1-5-19-51(20-6-1)45-53-33-37-59(38-34-53)67(57-25-9-3-10-26-57)49-63-31-15-13-23-55(63)41-43-65-47-61-29-17-18-30-62(61)48-66(65)44-42-56-24-14-16-32-64(56)50-68(58-27-11-4-12-28-58)60-39-35-54(36-40-60)46-52-21-7-2-8-22-52/h1-44,47-50H,45-46H2/b43-41?,44-42?,67-49-,68-50-. The summed E-state index contributed by atoms with van der Waals surface area (Å²) in [5.74, 6) is 0. The van der Waals surface area contributed by atoms with Crippen molar-refractivity contribution in [2.45, 2.75) is 12.8 Å².